The number of carbonyl (C=O) groups is 1. The minimum Gasteiger partial charge on any atom is -0.481 e. The highest BCUT2D eigenvalue weighted by molar-refractivity contribution is 5.73. The normalized spacial score (nSPS) is 17.6. The molecule has 0 bridgehead atoms. The SMILES string of the molecule is CC(C)(CN(CC#N)C1CCCC1)C(=O)O. The van der Waals surface area contributed by atoms with Gasteiger partial charge >= 0.3 is 5.97 Å². The summed E-state index contributed by atoms with van der Waals surface area (Å²) in [6, 6.07) is 2.54. The third kappa shape index (κ3) is 3.21. The van der Waals surface area contributed by atoms with E-state index in [9.17, 15) is 4.79 Å². The first-order valence-electron chi connectivity index (χ1n) is 5.82. The molecule has 0 unspecified atom stereocenters. The van der Waals surface area contributed by atoms with Gasteiger partial charge in [-0.15, -0.1) is 0 Å². The number of rotatable bonds is 5. The van der Waals surface area contributed by atoms with Crippen molar-refractivity contribution in [3.8, 4) is 6.07 Å². The van der Waals surface area contributed by atoms with E-state index in [-0.39, 0.29) is 0 Å². The quantitative estimate of drug-likeness (QED) is 0.724. The second-order valence-electron chi connectivity index (χ2n) is 5.19. The summed E-state index contributed by atoms with van der Waals surface area (Å²) in [6.07, 6.45) is 4.58. The molecule has 1 aliphatic carbocycles. The molecular formula is C12H20N2O2. The van der Waals surface area contributed by atoms with Gasteiger partial charge in [0.1, 0.15) is 0 Å². The minimum absolute atomic E-state index is 0.335. The highest BCUT2D eigenvalue weighted by Crippen LogP contribution is 2.26. The van der Waals surface area contributed by atoms with Crippen LogP contribution >= 0.6 is 0 Å². The summed E-state index contributed by atoms with van der Waals surface area (Å²) in [5.41, 5.74) is -0.778. The number of nitrogens with zero attached hydrogens (tertiary/aromatic N) is 2. The molecule has 0 aromatic heterocycles. The number of carboxylic acid groups (broad SMARTS) is 1. The largest absolute Gasteiger partial charge is 0.481 e. The van der Waals surface area contributed by atoms with Gasteiger partial charge in [0.25, 0.3) is 0 Å². The van der Waals surface area contributed by atoms with Crippen LogP contribution in [0.5, 0.6) is 0 Å². The number of carboxylic acids is 1. The van der Waals surface area contributed by atoms with Crippen molar-refractivity contribution in [2.45, 2.75) is 45.6 Å². The van der Waals surface area contributed by atoms with Gasteiger partial charge in [0.15, 0.2) is 0 Å². The molecule has 90 valence electrons. The Balaban J connectivity index is 2.64. The van der Waals surface area contributed by atoms with Gasteiger partial charge in [-0.3, -0.25) is 9.69 Å². The maximum atomic E-state index is 11.1. The lowest BCUT2D eigenvalue weighted by Crippen LogP contribution is -2.43. The Morgan fingerprint density at radius 1 is 1.50 bits per heavy atom. The van der Waals surface area contributed by atoms with Crippen LogP contribution in [-0.2, 0) is 4.79 Å². The monoisotopic (exact) mass is 224 g/mol. The van der Waals surface area contributed by atoms with Crippen LogP contribution in [0.2, 0.25) is 0 Å². The fourth-order valence-corrected chi connectivity index (χ4v) is 2.25. The second-order valence-corrected chi connectivity index (χ2v) is 5.19. The minimum atomic E-state index is -0.798. The average Bonchev–Trinajstić information content (AvgIpc) is 2.69. The first-order valence-corrected chi connectivity index (χ1v) is 5.82. The molecule has 16 heavy (non-hydrogen) atoms. The highest BCUT2D eigenvalue weighted by Gasteiger charge is 2.33. The second kappa shape index (κ2) is 5.31. The molecule has 0 amide bonds. The first-order chi connectivity index (χ1) is 7.47. The molecule has 1 aliphatic rings. The molecule has 0 aromatic carbocycles. The molecule has 1 N–H and O–H groups in total. The molecular weight excluding hydrogens is 204 g/mol. The third-order valence-corrected chi connectivity index (χ3v) is 3.29. The molecule has 1 saturated carbocycles. The van der Waals surface area contributed by atoms with Crippen molar-refractivity contribution >= 4 is 5.97 Å². The van der Waals surface area contributed by atoms with Crippen molar-refractivity contribution in [2.75, 3.05) is 13.1 Å². The van der Waals surface area contributed by atoms with Crippen LogP contribution in [-0.4, -0.2) is 35.1 Å². The first kappa shape index (κ1) is 13.0. The van der Waals surface area contributed by atoms with Crippen molar-refractivity contribution in [3.05, 3.63) is 0 Å². The third-order valence-electron chi connectivity index (χ3n) is 3.29. The van der Waals surface area contributed by atoms with Crippen LogP contribution in [0.1, 0.15) is 39.5 Å². The number of hydrogen-bond acceptors (Lipinski definition) is 3. The zero-order valence-corrected chi connectivity index (χ0v) is 10.1. The molecule has 0 aliphatic heterocycles. The smallest absolute Gasteiger partial charge is 0.310 e. The van der Waals surface area contributed by atoms with E-state index in [2.05, 4.69) is 6.07 Å². The van der Waals surface area contributed by atoms with Gasteiger partial charge in [0.2, 0.25) is 0 Å². The van der Waals surface area contributed by atoms with E-state index in [1.165, 1.54) is 12.8 Å². The van der Waals surface area contributed by atoms with Crippen LogP contribution in [0.3, 0.4) is 0 Å². The lowest BCUT2D eigenvalue weighted by molar-refractivity contribution is -0.148. The Morgan fingerprint density at radius 2 is 2.06 bits per heavy atom. The number of aliphatic carboxylic acids is 1. The topological polar surface area (TPSA) is 64.3 Å². The van der Waals surface area contributed by atoms with Crippen LogP contribution in [0, 0.1) is 16.7 Å². The zero-order chi connectivity index (χ0) is 12.2. The summed E-state index contributed by atoms with van der Waals surface area (Å²) in [7, 11) is 0. The Morgan fingerprint density at radius 3 is 2.50 bits per heavy atom. The molecule has 4 heteroatoms. The Bertz CT molecular complexity index is 288. The van der Waals surface area contributed by atoms with Crippen LogP contribution in [0.4, 0.5) is 0 Å². The molecule has 1 fully saturated rings. The predicted molar refractivity (Wildman–Crippen MR) is 60.9 cm³/mol. The van der Waals surface area contributed by atoms with Crippen LogP contribution in [0.25, 0.3) is 0 Å². The summed E-state index contributed by atoms with van der Waals surface area (Å²) < 4.78 is 0. The Hall–Kier alpha value is -1.08. The Kier molecular flexibility index (Phi) is 4.31. The maximum Gasteiger partial charge on any atom is 0.310 e. The lowest BCUT2D eigenvalue weighted by Gasteiger charge is -2.32. The van der Waals surface area contributed by atoms with Crippen molar-refractivity contribution in [2.24, 2.45) is 5.41 Å². The van der Waals surface area contributed by atoms with Gasteiger partial charge in [-0.05, 0) is 26.7 Å². The summed E-state index contributed by atoms with van der Waals surface area (Å²) in [4.78, 5) is 13.1. The van der Waals surface area contributed by atoms with Gasteiger partial charge in [-0.25, -0.2) is 0 Å². The standard InChI is InChI=1S/C12H20N2O2/c1-12(2,11(15)16)9-14(8-7-13)10-5-3-4-6-10/h10H,3-6,8-9H2,1-2H3,(H,15,16). The molecule has 0 aromatic rings. The van der Waals surface area contributed by atoms with E-state index < -0.39 is 11.4 Å². The van der Waals surface area contributed by atoms with Gasteiger partial charge in [0, 0.05) is 12.6 Å². The number of nitriles is 1. The van der Waals surface area contributed by atoms with Crippen LogP contribution in [0.15, 0.2) is 0 Å². The van der Waals surface area contributed by atoms with Crippen LogP contribution < -0.4 is 0 Å². The molecule has 1 rings (SSSR count). The van der Waals surface area contributed by atoms with Gasteiger partial charge in [-0.2, -0.15) is 5.26 Å². The van der Waals surface area contributed by atoms with Crippen molar-refractivity contribution in [1.82, 2.24) is 4.90 Å². The Labute approximate surface area is 96.9 Å². The molecule has 0 radical (unpaired) electrons. The van der Waals surface area contributed by atoms with E-state index in [1.807, 2.05) is 4.90 Å². The molecule has 0 atom stereocenters. The van der Waals surface area contributed by atoms with E-state index in [0.717, 1.165) is 12.8 Å². The average molecular weight is 224 g/mol. The predicted octanol–water partition coefficient (Wildman–Crippen LogP) is 1.87. The summed E-state index contributed by atoms with van der Waals surface area (Å²) in [5.74, 6) is -0.798. The molecule has 4 nitrogen and oxygen atoms in total. The zero-order valence-electron chi connectivity index (χ0n) is 10.1. The van der Waals surface area contributed by atoms with Crippen molar-refractivity contribution < 1.29 is 9.90 Å². The lowest BCUT2D eigenvalue weighted by atomic mass is 9.92. The van der Waals surface area contributed by atoms with Crippen molar-refractivity contribution in [3.63, 3.8) is 0 Å². The van der Waals surface area contributed by atoms with Gasteiger partial charge in [-0.1, -0.05) is 12.8 Å². The van der Waals surface area contributed by atoms with E-state index in [4.69, 9.17) is 10.4 Å². The highest BCUT2D eigenvalue weighted by atomic mass is 16.4. The van der Waals surface area contributed by atoms with Crippen molar-refractivity contribution in [1.29, 1.82) is 5.26 Å². The molecule has 0 spiro atoms. The van der Waals surface area contributed by atoms with E-state index >= 15 is 0 Å². The fourth-order valence-electron chi connectivity index (χ4n) is 2.25. The van der Waals surface area contributed by atoms with Gasteiger partial charge in [0.05, 0.1) is 18.0 Å². The summed E-state index contributed by atoms with van der Waals surface area (Å²) >= 11 is 0. The summed E-state index contributed by atoms with van der Waals surface area (Å²) in [5, 5.41) is 17.9. The molecule has 0 heterocycles. The van der Waals surface area contributed by atoms with Gasteiger partial charge < -0.3 is 5.11 Å². The van der Waals surface area contributed by atoms with E-state index in [0.29, 0.717) is 19.1 Å². The van der Waals surface area contributed by atoms with E-state index in [1.54, 1.807) is 13.8 Å². The summed E-state index contributed by atoms with van der Waals surface area (Å²) in [6.45, 7) is 4.23. The molecule has 0 saturated heterocycles. The maximum absolute atomic E-state index is 11.1. The fraction of sp³-hybridized carbons (Fsp3) is 0.833. The number of hydrogen-bond donors (Lipinski definition) is 1.